The fourth-order valence-corrected chi connectivity index (χ4v) is 3.58. The number of esters is 1. The van der Waals surface area contributed by atoms with Crippen molar-refractivity contribution in [1.82, 2.24) is 14.5 Å². The molecule has 0 bridgehead atoms. The Hall–Kier alpha value is -3.55. The fourth-order valence-electron chi connectivity index (χ4n) is 3.58. The molecule has 1 aromatic carbocycles. The van der Waals surface area contributed by atoms with Gasteiger partial charge in [-0.1, -0.05) is 0 Å². The quantitative estimate of drug-likeness (QED) is 0.653. The second kappa shape index (κ2) is 8.44. The Morgan fingerprint density at radius 1 is 1.17 bits per heavy atom. The molecule has 8 nitrogen and oxygen atoms in total. The molecule has 4 rings (SSSR count). The van der Waals surface area contributed by atoms with Crippen molar-refractivity contribution in [2.45, 2.75) is 39.2 Å². The number of fused-ring (bicyclic) bond motifs is 2. The first-order chi connectivity index (χ1) is 14.5. The van der Waals surface area contributed by atoms with Gasteiger partial charge in [0.15, 0.2) is 5.65 Å². The number of nitrogens with one attached hydrogen (secondary N) is 1. The van der Waals surface area contributed by atoms with E-state index in [1.165, 1.54) is 10.9 Å². The molecule has 0 spiro atoms. The minimum absolute atomic E-state index is 0.168. The second-order valence-electron chi connectivity index (χ2n) is 7.20. The number of nitrogens with zero attached hydrogens (tertiary/aromatic N) is 3. The first-order valence-electron chi connectivity index (χ1n) is 10.00. The SMILES string of the molecule is CCOC(=O)c1ccc(NC(=O)Cn2cnc3nc4c(cc3c2=O)CCCC4)cc1. The van der Waals surface area contributed by atoms with Crippen molar-refractivity contribution in [3.63, 3.8) is 0 Å². The molecule has 0 saturated heterocycles. The van der Waals surface area contributed by atoms with Crippen LogP contribution in [0.1, 0.15) is 41.4 Å². The molecule has 1 N–H and O–H groups in total. The van der Waals surface area contributed by atoms with Crippen LogP contribution in [0.15, 0.2) is 41.5 Å². The molecule has 0 radical (unpaired) electrons. The highest BCUT2D eigenvalue weighted by Gasteiger charge is 2.16. The maximum atomic E-state index is 12.8. The van der Waals surface area contributed by atoms with Crippen LogP contribution in [0, 0.1) is 0 Å². The van der Waals surface area contributed by atoms with Crippen molar-refractivity contribution in [3.8, 4) is 0 Å². The number of rotatable bonds is 5. The van der Waals surface area contributed by atoms with Gasteiger partial charge in [0.2, 0.25) is 5.91 Å². The molecule has 2 aromatic heterocycles. The van der Waals surface area contributed by atoms with Gasteiger partial charge in [0.05, 0.1) is 17.6 Å². The van der Waals surface area contributed by atoms with Crippen molar-refractivity contribution in [1.29, 1.82) is 0 Å². The molecule has 8 heteroatoms. The smallest absolute Gasteiger partial charge is 0.338 e. The fraction of sp³-hybridized carbons (Fsp3) is 0.318. The number of anilines is 1. The van der Waals surface area contributed by atoms with Gasteiger partial charge < -0.3 is 10.1 Å². The molecule has 0 unspecified atom stereocenters. The number of ether oxygens (including phenoxy) is 1. The molecule has 1 aliphatic rings. The third-order valence-electron chi connectivity index (χ3n) is 5.09. The number of hydrogen-bond donors (Lipinski definition) is 1. The number of hydrogen-bond acceptors (Lipinski definition) is 6. The first-order valence-corrected chi connectivity index (χ1v) is 10.00. The molecule has 3 aromatic rings. The van der Waals surface area contributed by atoms with Crippen LogP contribution >= 0.6 is 0 Å². The summed E-state index contributed by atoms with van der Waals surface area (Å²) in [7, 11) is 0. The van der Waals surface area contributed by atoms with Gasteiger partial charge in [-0.05, 0) is 68.5 Å². The highest BCUT2D eigenvalue weighted by Crippen LogP contribution is 2.21. The lowest BCUT2D eigenvalue weighted by Crippen LogP contribution is -2.28. The van der Waals surface area contributed by atoms with Crippen LogP contribution in [0.4, 0.5) is 5.69 Å². The van der Waals surface area contributed by atoms with E-state index in [-0.39, 0.29) is 18.0 Å². The molecule has 0 aliphatic heterocycles. The summed E-state index contributed by atoms with van der Waals surface area (Å²) in [5.74, 6) is -0.784. The highest BCUT2D eigenvalue weighted by molar-refractivity contribution is 5.93. The van der Waals surface area contributed by atoms with Gasteiger partial charge in [-0.2, -0.15) is 0 Å². The third kappa shape index (κ3) is 4.07. The lowest BCUT2D eigenvalue weighted by molar-refractivity contribution is -0.116. The van der Waals surface area contributed by atoms with Crippen LogP contribution in [-0.2, 0) is 28.9 Å². The van der Waals surface area contributed by atoms with Gasteiger partial charge in [0, 0.05) is 11.4 Å². The van der Waals surface area contributed by atoms with Crippen molar-refractivity contribution >= 4 is 28.6 Å². The zero-order chi connectivity index (χ0) is 21.1. The predicted molar refractivity (Wildman–Crippen MR) is 111 cm³/mol. The molecule has 1 aliphatic carbocycles. The van der Waals surface area contributed by atoms with Crippen LogP contribution in [0.3, 0.4) is 0 Å². The van der Waals surface area contributed by atoms with Crippen LogP contribution < -0.4 is 10.9 Å². The zero-order valence-electron chi connectivity index (χ0n) is 16.7. The van der Waals surface area contributed by atoms with Gasteiger partial charge in [0.25, 0.3) is 5.56 Å². The van der Waals surface area contributed by atoms with Crippen LogP contribution in [0.25, 0.3) is 11.0 Å². The van der Waals surface area contributed by atoms with E-state index in [1.54, 1.807) is 31.2 Å². The van der Waals surface area contributed by atoms with Gasteiger partial charge in [-0.15, -0.1) is 0 Å². The molecular weight excluding hydrogens is 384 g/mol. The standard InChI is InChI=1S/C22H22N4O4/c1-2-30-22(29)14-7-9-16(10-8-14)24-19(27)12-26-13-23-20-17(21(26)28)11-15-5-3-4-6-18(15)25-20/h7-11,13H,2-6,12H2,1H3,(H,24,27). The third-order valence-corrected chi connectivity index (χ3v) is 5.09. The van der Waals surface area contributed by atoms with Gasteiger partial charge in [-0.3, -0.25) is 14.2 Å². The largest absolute Gasteiger partial charge is 0.462 e. The molecule has 1 amide bonds. The molecule has 2 heterocycles. The Bertz CT molecular complexity index is 1170. The summed E-state index contributed by atoms with van der Waals surface area (Å²) in [5.41, 5.74) is 3.17. The Balaban J connectivity index is 1.49. The van der Waals surface area contributed by atoms with Crippen molar-refractivity contribution < 1.29 is 14.3 Å². The van der Waals surface area contributed by atoms with Crippen molar-refractivity contribution in [3.05, 3.63) is 63.8 Å². The van der Waals surface area contributed by atoms with Crippen LogP contribution in [0.5, 0.6) is 0 Å². The van der Waals surface area contributed by atoms with E-state index in [2.05, 4.69) is 15.3 Å². The molecule has 0 fully saturated rings. The Morgan fingerprint density at radius 3 is 2.70 bits per heavy atom. The summed E-state index contributed by atoms with van der Waals surface area (Å²) in [4.78, 5) is 45.8. The summed E-state index contributed by atoms with van der Waals surface area (Å²) in [5, 5.41) is 3.15. The summed E-state index contributed by atoms with van der Waals surface area (Å²) in [6.45, 7) is 1.86. The molecule has 154 valence electrons. The normalized spacial score (nSPS) is 13.0. The maximum Gasteiger partial charge on any atom is 0.338 e. The number of aromatic nitrogens is 3. The van der Waals surface area contributed by atoms with E-state index >= 15 is 0 Å². The van der Waals surface area contributed by atoms with Gasteiger partial charge in [0.1, 0.15) is 12.9 Å². The average molecular weight is 406 g/mol. The Morgan fingerprint density at radius 2 is 1.93 bits per heavy atom. The van der Waals surface area contributed by atoms with E-state index in [1.807, 2.05) is 6.07 Å². The topological polar surface area (TPSA) is 103 Å². The number of benzene rings is 1. The van der Waals surface area contributed by atoms with Crippen molar-refractivity contribution in [2.75, 3.05) is 11.9 Å². The summed E-state index contributed by atoms with van der Waals surface area (Å²) in [6.07, 6.45) is 5.37. The maximum absolute atomic E-state index is 12.8. The minimum Gasteiger partial charge on any atom is -0.462 e. The monoisotopic (exact) mass is 406 g/mol. The Labute approximate surface area is 172 Å². The molecular formula is C22H22N4O4. The Kier molecular flexibility index (Phi) is 5.56. The lowest BCUT2D eigenvalue weighted by atomic mass is 9.95. The van der Waals surface area contributed by atoms with E-state index in [0.29, 0.717) is 28.9 Å². The zero-order valence-corrected chi connectivity index (χ0v) is 16.7. The summed E-state index contributed by atoms with van der Waals surface area (Å²) < 4.78 is 6.21. The number of pyridine rings is 1. The first kappa shape index (κ1) is 19.8. The van der Waals surface area contributed by atoms with E-state index in [9.17, 15) is 14.4 Å². The second-order valence-corrected chi connectivity index (χ2v) is 7.20. The summed E-state index contributed by atoms with van der Waals surface area (Å²) >= 11 is 0. The molecule has 0 atom stereocenters. The molecule has 0 saturated carbocycles. The highest BCUT2D eigenvalue weighted by atomic mass is 16.5. The van der Waals surface area contributed by atoms with Crippen LogP contribution in [0.2, 0.25) is 0 Å². The summed E-state index contributed by atoms with van der Waals surface area (Å²) in [6, 6.07) is 8.25. The number of carbonyl (C=O) groups excluding carboxylic acids is 2. The van der Waals surface area contributed by atoms with Crippen LogP contribution in [-0.4, -0.2) is 33.0 Å². The van der Waals surface area contributed by atoms with Gasteiger partial charge >= 0.3 is 5.97 Å². The predicted octanol–water partition coefficient (Wildman–Crippen LogP) is 2.49. The van der Waals surface area contributed by atoms with E-state index in [0.717, 1.165) is 36.9 Å². The lowest BCUT2D eigenvalue weighted by Gasteiger charge is -2.15. The number of amides is 1. The number of aryl methyl sites for hydroxylation is 2. The van der Waals surface area contributed by atoms with E-state index < -0.39 is 5.97 Å². The average Bonchev–Trinajstić information content (AvgIpc) is 2.75. The van der Waals surface area contributed by atoms with Gasteiger partial charge in [-0.25, -0.2) is 14.8 Å². The van der Waals surface area contributed by atoms with E-state index in [4.69, 9.17) is 4.74 Å². The van der Waals surface area contributed by atoms with Crippen molar-refractivity contribution in [2.24, 2.45) is 0 Å². The number of carbonyl (C=O) groups is 2. The minimum atomic E-state index is -0.417. The molecule has 30 heavy (non-hydrogen) atoms.